The molecule has 138 valence electrons. The Morgan fingerprint density at radius 1 is 1.20 bits per heavy atom. The van der Waals surface area contributed by atoms with Crippen molar-refractivity contribution in [1.29, 1.82) is 0 Å². The van der Waals surface area contributed by atoms with Gasteiger partial charge in [0.15, 0.2) is 11.6 Å². The van der Waals surface area contributed by atoms with E-state index in [4.69, 9.17) is 0 Å². The third-order valence-corrected chi connectivity index (χ3v) is 8.52. The van der Waals surface area contributed by atoms with Gasteiger partial charge >= 0.3 is 0 Å². The summed E-state index contributed by atoms with van der Waals surface area (Å²) >= 11 is 0. The van der Waals surface area contributed by atoms with E-state index in [2.05, 4.69) is 13.8 Å². The minimum Gasteiger partial charge on any atom is -0.389 e. The molecule has 0 amide bonds. The van der Waals surface area contributed by atoms with Crippen LogP contribution in [0.4, 0.5) is 0 Å². The minimum atomic E-state index is -0.523. The smallest absolute Gasteiger partial charge is 0.161 e. The van der Waals surface area contributed by atoms with Gasteiger partial charge in [-0.05, 0) is 78.8 Å². The van der Waals surface area contributed by atoms with E-state index in [1.54, 1.807) is 6.08 Å². The summed E-state index contributed by atoms with van der Waals surface area (Å²) in [5, 5.41) is 20.2. The molecule has 4 aliphatic carbocycles. The number of Topliss-reactive ketones (excluding diaryl/α,β-unsaturated/α-hetero) is 1. The average molecular weight is 346 g/mol. The Morgan fingerprint density at radius 2 is 1.96 bits per heavy atom. The number of aliphatic hydroxyl groups is 2. The first-order valence-corrected chi connectivity index (χ1v) is 9.88. The normalized spacial score (nSPS) is 49.0. The van der Waals surface area contributed by atoms with Crippen molar-refractivity contribution >= 4 is 11.6 Å². The number of ketones is 2. The number of rotatable bonds is 2. The Labute approximate surface area is 149 Å². The zero-order chi connectivity index (χ0) is 18.0. The molecular weight excluding hydrogens is 316 g/mol. The van der Waals surface area contributed by atoms with Crippen LogP contribution in [0.1, 0.15) is 58.8 Å². The Kier molecular flexibility index (Phi) is 4.01. The Bertz CT molecular complexity index is 638. The van der Waals surface area contributed by atoms with Gasteiger partial charge in [-0.3, -0.25) is 9.59 Å². The summed E-state index contributed by atoms with van der Waals surface area (Å²) in [6.07, 6.45) is 7.33. The molecule has 0 aromatic rings. The minimum absolute atomic E-state index is 0.00475. The SMILES string of the molecule is C[C@@]12CC[C@@H]3[C@H](C[C@@H](O)C4=CC(=O)CC[C@@]43C)[C@H]1CC[C@H]2C(=O)CO. The molecule has 0 aromatic heterocycles. The van der Waals surface area contributed by atoms with Gasteiger partial charge in [0.25, 0.3) is 0 Å². The lowest BCUT2D eigenvalue weighted by Crippen LogP contribution is -2.54. The van der Waals surface area contributed by atoms with Gasteiger partial charge in [0.2, 0.25) is 0 Å². The molecule has 0 bridgehead atoms. The molecule has 0 spiro atoms. The van der Waals surface area contributed by atoms with Gasteiger partial charge in [0, 0.05) is 12.3 Å². The summed E-state index contributed by atoms with van der Waals surface area (Å²) in [5.74, 6) is 1.47. The lowest BCUT2D eigenvalue weighted by molar-refractivity contribution is -0.134. The van der Waals surface area contributed by atoms with Crippen LogP contribution in [0, 0.1) is 34.5 Å². The fourth-order valence-electron chi connectivity index (χ4n) is 7.25. The van der Waals surface area contributed by atoms with E-state index in [-0.39, 0.29) is 34.9 Å². The third-order valence-electron chi connectivity index (χ3n) is 8.52. The molecule has 3 fully saturated rings. The number of hydrogen-bond acceptors (Lipinski definition) is 4. The van der Waals surface area contributed by atoms with E-state index >= 15 is 0 Å². The molecule has 0 radical (unpaired) electrons. The molecule has 2 N–H and O–H groups in total. The lowest BCUT2D eigenvalue weighted by atomic mass is 9.46. The van der Waals surface area contributed by atoms with Crippen molar-refractivity contribution in [3.8, 4) is 0 Å². The van der Waals surface area contributed by atoms with Crippen LogP contribution in [-0.2, 0) is 9.59 Å². The number of hydrogen-bond donors (Lipinski definition) is 2. The summed E-state index contributed by atoms with van der Waals surface area (Å²) in [7, 11) is 0. The van der Waals surface area contributed by atoms with Gasteiger partial charge in [-0.1, -0.05) is 13.8 Å². The predicted molar refractivity (Wildman–Crippen MR) is 93.7 cm³/mol. The maximum Gasteiger partial charge on any atom is 0.161 e. The van der Waals surface area contributed by atoms with Crippen molar-refractivity contribution in [3.63, 3.8) is 0 Å². The molecule has 0 unspecified atom stereocenters. The fraction of sp³-hybridized carbons (Fsp3) is 0.810. The van der Waals surface area contributed by atoms with E-state index in [0.29, 0.717) is 24.2 Å². The van der Waals surface area contributed by atoms with Crippen LogP contribution in [-0.4, -0.2) is 34.5 Å². The maximum atomic E-state index is 12.3. The second-order valence-electron chi connectivity index (χ2n) is 9.41. The van der Waals surface area contributed by atoms with Gasteiger partial charge < -0.3 is 10.2 Å². The third kappa shape index (κ3) is 2.33. The monoisotopic (exact) mass is 346 g/mol. The number of fused-ring (bicyclic) bond motifs is 5. The van der Waals surface area contributed by atoms with Crippen LogP contribution in [0.15, 0.2) is 11.6 Å². The fourth-order valence-corrected chi connectivity index (χ4v) is 7.25. The second-order valence-corrected chi connectivity index (χ2v) is 9.41. The van der Waals surface area contributed by atoms with Crippen LogP contribution in [0.3, 0.4) is 0 Å². The van der Waals surface area contributed by atoms with Gasteiger partial charge in [-0.15, -0.1) is 0 Å². The quantitative estimate of drug-likeness (QED) is 0.806. The Hall–Kier alpha value is -1.00. The average Bonchev–Trinajstić information content (AvgIpc) is 2.93. The zero-order valence-electron chi connectivity index (χ0n) is 15.3. The summed E-state index contributed by atoms with van der Waals surface area (Å²) < 4.78 is 0. The van der Waals surface area contributed by atoms with Crippen molar-refractivity contribution in [1.82, 2.24) is 0 Å². The summed E-state index contributed by atoms with van der Waals surface area (Å²) in [6, 6.07) is 0. The standard InChI is InChI=1S/C21H30O4/c1-20-8-6-15-13(14(20)3-4-16(20)19(25)11-22)10-18(24)17-9-12(23)5-7-21(15,17)2/h9,13-16,18,22,24H,3-8,10-11H2,1-2H3/t13-,14-,15-,16+,18-,20-,21-/m1/s1. The van der Waals surface area contributed by atoms with E-state index in [9.17, 15) is 19.8 Å². The molecular formula is C21H30O4. The van der Waals surface area contributed by atoms with E-state index < -0.39 is 6.10 Å². The van der Waals surface area contributed by atoms with Crippen LogP contribution in [0.2, 0.25) is 0 Å². The molecule has 4 nitrogen and oxygen atoms in total. The second kappa shape index (κ2) is 5.75. The first-order valence-electron chi connectivity index (χ1n) is 9.88. The van der Waals surface area contributed by atoms with E-state index in [1.165, 1.54) is 0 Å². The zero-order valence-corrected chi connectivity index (χ0v) is 15.3. The highest BCUT2D eigenvalue weighted by molar-refractivity contribution is 5.92. The predicted octanol–water partition coefficient (Wildman–Crippen LogP) is 2.67. The van der Waals surface area contributed by atoms with Crippen molar-refractivity contribution < 1.29 is 19.8 Å². The maximum absolute atomic E-state index is 12.3. The molecule has 0 saturated heterocycles. The van der Waals surface area contributed by atoms with Crippen molar-refractivity contribution in [2.75, 3.05) is 6.61 Å². The number of carbonyl (C=O) groups is 2. The molecule has 3 saturated carbocycles. The summed E-state index contributed by atoms with van der Waals surface area (Å²) in [4.78, 5) is 24.2. The molecule has 4 rings (SSSR count). The van der Waals surface area contributed by atoms with E-state index in [0.717, 1.165) is 44.1 Å². The van der Waals surface area contributed by atoms with Gasteiger partial charge in [-0.2, -0.15) is 0 Å². The highest BCUT2D eigenvalue weighted by atomic mass is 16.3. The van der Waals surface area contributed by atoms with Crippen LogP contribution in [0.25, 0.3) is 0 Å². The van der Waals surface area contributed by atoms with Crippen molar-refractivity contribution in [2.24, 2.45) is 34.5 Å². The van der Waals surface area contributed by atoms with Crippen molar-refractivity contribution in [3.05, 3.63) is 11.6 Å². The van der Waals surface area contributed by atoms with Crippen molar-refractivity contribution in [2.45, 2.75) is 64.9 Å². The van der Waals surface area contributed by atoms with Crippen LogP contribution < -0.4 is 0 Å². The first-order chi connectivity index (χ1) is 11.8. The van der Waals surface area contributed by atoms with Gasteiger partial charge in [0.1, 0.15) is 6.61 Å². The van der Waals surface area contributed by atoms with E-state index in [1.807, 2.05) is 0 Å². The largest absolute Gasteiger partial charge is 0.389 e. The summed E-state index contributed by atoms with van der Waals surface area (Å²) in [6.45, 7) is 4.14. The molecule has 4 aliphatic rings. The highest BCUT2D eigenvalue weighted by Crippen LogP contribution is 2.66. The van der Waals surface area contributed by atoms with Gasteiger partial charge in [0.05, 0.1) is 6.10 Å². The topological polar surface area (TPSA) is 74.6 Å². The molecule has 0 aliphatic heterocycles. The first kappa shape index (κ1) is 17.4. The Balaban J connectivity index is 1.68. The molecule has 0 aromatic carbocycles. The number of carbonyl (C=O) groups excluding carboxylic acids is 2. The highest BCUT2D eigenvalue weighted by Gasteiger charge is 2.61. The molecule has 25 heavy (non-hydrogen) atoms. The molecule has 7 atom stereocenters. The van der Waals surface area contributed by atoms with Crippen LogP contribution >= 0.6 is 0 Å². The lowest BCUT2D eigenvalue weighted by Gasteiger charge is -2.59. The van der Waals surface area contributed by atoms with Gasteiger partial charge in [-0.25, -0.2) is 0 Å². The van der Waals surface area contributed by atoms with Crippen LogP contribution in [0.5, 0.6) is 0 Å². The molecule has 4 heteroatoms. The summed E-state index contributed by atoms with van der Waals surface area (Å²) in [5.41, 5.74) is 0.856. The Morgan fingerprint density at radius 3 is 2.68 bits per heavy atom. The number of aliphatic hydroxyl groups excluding tert-OH is 2. The molecule has 0 heterocycles.